The van der Waals surface area contributed by atoms with Crippen molar-refractivity contribution in [3.8, 4) is 28.4 Å². The average molecular weight is 490 g/mol. The first kappa shape index (κ1) is 24.2. The van der Waals surface area contributed by atoms with Gasteiger partial charge in [0.25, 0.3) is 0 Å². The highest BCUT2D eigenvalue weighted by Crippen LogP contribution is 2.37. The molecule has 2 heterocycles. The normalized spacial score (nSPS) is 16.8. The van der Waals surface area contributed by atoms with Gasteiger partial charge >= 0.3 is 5.97 Å². The molecule has 0 spiro atoms. The number of carbonyl (C=O) groups excluding carboxylic acids is 1. The third kappa shape index (κ3) is 5.48. The first-order valence-electron chi connectivity index (χ1n) is 12.4. The number of fused-ring (bicyclic) bond motifs is 2. The monoisotopic (exact) mass is 489 g/mol. The van der Waals surface area contributed by atoms with E-state index in [0.717, 1.165) is 53.0 Å². The molecule has 0 fully saturated rings. The lowest BCUT2D eigenvalue weighted by molar-refractivity contribution is 0.0597. The summed E-state index contributed by atoms with van der Waals surface area (Å²) >= 11 is 0. The molecule has 2 aliphatic rings. The summed E-state index contributed by atoms with van der Waals surface area (Å²) in [5.41, 5.74) is 4.66. The molecular weight excluding hydrogens is 458 g/mol. The van der Waals surface area contributed by atoms with Crippen LogP contribution in [0.4, 0.5) is 0 Å². The second-order valence-corrected chi connectivity index (χ2v) is 9.14. The van der Waals surface area contributed by atoms with Crippen molar-refractivity contribution in [2.45, 2.75) is 31.5 Å². The van der Waals surface area contributed by atoms with Gasteiger partial charge in [0, 0.05) is 19.5 Å². The predicted molar refractivity (Wildman–Crippen MR) is 136 cm³/mol. The number of carbonyl (C=O) groups is 1. The van der Waals surface area contributed by atoms with Gasteiger partial charge in [-0.2, -0.15) is 0 Å². The molecule has 2 N–H and O–H groups in total. The molecule has 36 heavy (non-hydrogen) atoms. The second-order valence-electron chi connectivity index (χ2n) is 9.14. The minimum absolute atomic E-state index is 0.0358. The maximum Gasteiger partial charge on any atom is 0.341 e. The van der Waals surface area contributed by atoms with E-state index in [0.29, 0.717) is 31.0 Å². The van der Waals surface area contributed by atoms with Crippen LogP contribution in [0.3, 0.4) is 0 Å². The van der Waals surface area contributed by atoms with Gasteiger partial charge in [0.1, 0.15) is 41.6 Å². The summed E-state index contributed by atoms with van der Waals surface area (Å²) in [6.07, 6.45) is 1.99. The third-order valence-electron chi connectivity index (χ3n) is 6.55. The highest BCUT2D eigenvalue weighted by molar-refractivity contribution is 5.95. The number of rotatable bonds is 9. The molecule has 2 aliphatic heterocycles. The zero-order valence-electron chi connectivity index (χ0n) is 20.4. The fraction of sp³-hybridized carbons (Fsp3) is 0.345. The van der Waals surface area contributed by atoms with Crippen LogP contribution in [0.2, 0.25) is 0 Å². The van der Waals surface area contributed by atoms with Crippen LogP contribution in [-0.2, 0) is 17.6 Å². The van der Waals surface area contributed by atoms with Gasteiger partial charge in [-0.15, -0.1) is 0 Å². The van der Waals surface area contributed by atoms with Crippen LogP contribution >= 0.6 is 0 Å². The Kier molecular flexibility index (Phi) is 7.39. The molecule has 0 saturated heterocycles. The van der Waals surface area contributed by atoms with Crippen LogP contribution in [0.5, 0.6) is 17.2 Å². The Balaban J connectivity index is 1.17. The van der Waals surface area contributed by atoms with Crippen LogP contribution in [0, 0.1) is 0 Å². The lowest BCUT2D eigenvalue weighted by Gasteiger charge is -2.27. The number of methoxy groups -OCH3 is 1. The summed E-state index contributed by atoms with van der Waals surface area (Å²) in [5.74, 6) is 1.88. The summed E-state index contributed by atoms with van der Waals surface area (Å²) in [6.45, 7) is 1.90. The van der Waals surface area contributed by atoms with Crippen molar-refractivity contribution in [1.82, 2.24) is 5.32 Å². The average Bonchev–Trinajstić information content (AvgIpc) is 3.40. The number of benzene rings is 3. The molecule has 0 bridgehead atoms. The van der Waals surface area contributed by atoms with Crippen LogP contribution in [0.15, 0.2) is 60.7 Å². The SMILES string of the molecule is COC(=O)c1cc(-c2ccc3c(c2)CCC(CNCC(O)COc2ccccc2)O3)cc2c1OCC2. The van der Waals surface area contributed by atoms with Gasteiger partial charge in [0.2, 0.25) is 0 Å². The molecule has 2 atom stereocenters. The third-order valence-corrected chi connectivity index (χ3v) is 6.55. The van der Waals surface area contributed by atoms with Gasteiger partial charge in [-0.3, -0.25) is 0 Å². The number of para-hydroxylation sites is 1. The van der Waals surface area contributed by atoms with Crippen molar-refractivity contribution in [3.05, 3.63) is 77.4 Å². The van der Waals surface area contributed by atoms with Gasteiger partial charge < -0.3 is 29.4 Å². The number of esters is 1. The number of nitrogens with one attached hydrogen (secondary N) is 1. The Labute approximate surface area is 211 Å². The van der Waals surface area contributed by atoms with Gasteiger partial charge in [0.05, 0.1) is 13.7 Å². The fourth-order valence-electron chi connectivity index (χ4n) is 4.68. The zero-order valence-corrected chi connectivity index (χ0v) is 20.4. The first-order chi connectivity index (χ1) is 17.6. The lowest BCUT2D eigenvalue weighted by atomic mass is 9.94. The topological polar surface area (TPSA) is 86.3 Å². The van der Waals surface area contributed by atoms with E-state index in [-0.39, 0.29) is 18.7 Å². The Morgan fingerprint density at radius 1 is 1.08 bits per heavy atom. The number of ether oxygens (including phenoxy) is 4. The van der Waals surface area contributed by atoms with Crippen LogP contribution < -0.4 is 19.5 Å². The number of hydrogen-bond donors (Lipinski definition) is 2. The van der Waals surface area contributed by atoms with Gasteiger partial charge in [-0.1, -0.05) is 24.3 Å². The summed E-state index contributed by atoms with van der Waals surface area (Å²) < 4.78 is 22.5. The van der Waals surface area contributed by atoms with Crippen LogP contribution in [-0.4, -0.2) is 56.7 Å². The zero-order chi connectivity index (χ0) is 24.9. The molecule has 0 aliphatic carbocycles. The lowest BCUT2D eigenvalue weighted by Crippen LogP contribution is -2.39. The van der Waals surface area contributed by atoms with E-state index in [1.165, 1.54) is 7.11 Å². The van der Waals surface area contributed by atoms with Crippen molar-refractivity contribution >= 4 is 5.97 Å². The molecule has 7 heteroatoms. The van der Waals surface area contributed by atoms with E-state index in [9.17, 15) is 9.90 Å². The highest BCUT2D eigenvalue weighted by atomic mass is 16.5. The minimum atomic E-state index is -0.601. The quantitative estimate of drug-likeness (QED) is 0.442. The van der Waals surface area contributed by atoms with E-state index in [1.807, 2.05) is 48.5 Å². The second kappa shape index (κ2) is 11.0. The number of hydrogen-bond acceptors (Lipinski definition) is 7. The number of aliphatic hydroxyl groups is 1. The largest absolute Gasteiger partial charge is 0.492 e. The van der Waals surface area contributed by atoms with E-state index in [1.54, 1.807) is 0 Å². The molecule has 0 radical (unpaired) electrons. The summed E-state index contributed by atoms with van der Waals surface area (Å²) in [5, 5.41) is 13.5. The molecule has 5 rings (SSSR count). The number of aliphatic hydroxyl groups excluding tert-OH is 1. The maximum atomic E-state index is 12.3. The maximum absolute atomic E-state index is 12.3. The van der Waals surface area contributed by atoms with E-state index < -0.39 is 6.10 Å². The van der Waals surface area contributed by atoms with Crippen LogP contribution in [0.25, 0.3) is 11.1 Å². The Hall–Kier alpha value is -3.55. The first-order valence-corrected chi connectivity index (χ1v) is 12.4. The molecule has 2 unspecified atom stereocenters. The minimum Gasteiger partial charge on any atom is -0.492 e. The fourth-order valence-corrected chi connectivity index (χ4v) is 4.68. The Morgan fingerprint density at radius 2 is 1.92 bits per heavy atom. The van der Waals surface area contributed by atoms with E-state index in [4.69, 9.17) is 18.9 Å². The molecule has 0 amide bonds. The van der Waals surface area contributed by atoms with Crippen molar-refractivity contribution in [2.24, 2.45) is 0 Å². The van der Waals surface area contributed by atoms with Gasteiger partial charge in [0.15, 0.2) is 0 Å². The molecular formula is C29H31NO6. The van der Waals surface area contributed by atoms with Gasteiger partial charge in [-0.25, -0.2) is 4.79 Å². The molecule has 188 valence electrons. The van der Waals surface area contributed by atoms with Gasteiger partial charge in [-0.05, 0) is 71.5 Å². The smallest absolute Gasteiger partial charge is 0.341 e. The van der Waals surface area contributed by atoms with Crippen molar-refractivity contribution in [2.75, 3.05) is 33.4 Å². The van der Waals surface area contributed by atoms with Crippen molar-refractivity contribution in [1.29, 1.82) is 0 Å². The highest BCUT2D eigenvalue weighted by Gasteiger charge is 2.24. The molecule has 3 aromatic rings. The number of aryl methyl sites for hydroxylation is 1. The molecule has 7 nitrogen and oxygen atoms in total. The summed E-state index contributed by atoms with van der Waals surface area (Å²) in [7, 11) is 1.39. The Morgan fingerprint density at radius 3 is 2.75 bits per heavy atom. The van der Waals surface area contributed by atoms with Crippen LogP contribution in [0.1, 0.15) is 27.9 Å². The van der Waals surface area contributed by atoms with Crippen molar-refractivity contribution < 1.29 is 28.8 Å². The standard InChI is InChI=1S/C29H31NO6/c1-33-29(32)26-15-22(14-21-11-12-34-28(21)26)19-8-10-27-20(13-19)7-9-25(36-27)17-30-16-23(31)18-35-24-5-3-2-4-6-24/h2-6,8,10,13-15,23,25,30-31H,7,9,11-12,16-18H2,1H3. The summed E-state index contributed by atoms with van der Waals surface area (Å²) in [6, 6.07) is 19.6. The van der Waals surface area contributed by atoms with E-state index in [2.05, 4.69) is 17.4 Å². The predicted octanol–water partition coefficient (Wildman–Crippen LogP) is 3.80. The van der Waals surface area contributed by atoms with Crippen molar-refractivity contribution in [3.63, 3.8) is 0 Å². The molecule has 0 aromatic heterocycles. The van der Waals surface area contributed by atoms with E-state index >= 15 is 0 Å². The molecule has 3 aromatic carbocycles. The molecule has 0 saturated carbocycles. The Bertz CT molecular complexity index is 1210. The summed E-state index contributed by atoms with van der Waals surface area (Å²) in [4.78, 5) is 12.3.